The molecular weight excluding hydrogens is 374 g/mol. The fourth-order valence-electron chi connectivity index (χ4n) is 3.49. The number of fused-ring (bicyclic) bond motifs is 1. The quantitative estimate of drug-likeness (QED) is 0.671. The average molecular weight is 398 g/mol. The van der Waals surface area contributed by atoms with Gasteiger partial charge in [-0.3, -0.25) is 14.6 Å². The summed E-state index contributed by atoms with van der Waals surface area (Å²) in [5.41, 5.74) is 3.02. The third-order valence-corrected chi connectivity index (χ3v) is 5.45. The van der Waals surface area contributed by atoms with Gasteiger partial charge in [0.1, 0.15) is 5.82 Å². The second-order valence-corrected chi connectivity index (χ2v) is 7.53. The number of amides is 1. The molecule has 0 atom stereocenters. The number of piperazine rings is 1. The first-order chi connectivity index (χ1) is 13.7. The number of nitrogens with zero attached hydrogens (tertiary/aromatic N) is 3. The summed E-state index contributed by atoms with van der Waals surface area (Å²) in [6.45, 7) is 5.29. The Balaban J connectivity index is 1.21. The highest BCUT2D eigenvalue weighted by atomic mass is 35.5. The molecule has 1 fully saturated rings. The molecule has 0 aliphatic carbocycles. The summed E-state index contributed by atoms with van der Waals surface area (Å²) in [6, 6.07) is 15.7. The maximum Gasteiger partial charge on any atom is 0.234 e. The van der Waals surface area contributed by atoms with E-state index in [1.54, 1.807) is 0 Å². The van der Waals surface area contributed by atoms with Gasteiger partial charge in [0.05, 0.1) is 24.1 Å². The number of aromatic nitrogens is 2. The monoisotopic (exact) mass is 397 g/mol. The molecule has 0 bridgehead atoms. The van der Waals surface area contributed by atoms with Gasteiger partial charge in [0.25, 0.3) is 0 Å². The second kappa shape index (κ2) is 8.73. The van der Waals surface area contributed by atoms with Gasteiger partial charge in [0.2, 0.25) is 5.91 Å². The first-order valence-corrected chi connectivity index (χ1v) is 9.93. The topological polar surface area (TPSA) is 64.3 Å². The molecule has 0 spiro atoms. The van der Waals surface area contributed by atoms with Gasteiger partial charge < -0.3 is 10.3 Å². The minimum atomic E-state index is 0.0330. The number of hydrogen-bond acceptors (Lipinski definition) is 4. The first kappa shape index (κ1) is 18.9. The lowest BCUT2D eigenvalue weighted by atomic mass is 10.2. The zero-order valence-corrected chi connectivity index (χ0v) is 16.5. The van der Waals surface area contributed by atoms with Crippen LogP contribution in [0.15, 0.2) is 48.5 Å². The number of halogens is 1. The summed E-state index contributed by atoms with van der Waals surface area (Å²) in [7, 11) is 0. The van der Waals surface area contributed by atoms with Crippen LogP contribution in [0, 0.1) is 0 Å². The molecule has 0 unspecified atom stereocenters. The molecule has 2 heterocycles. The van der Waals surface area contributed by atoms with Crippen LogP contribution in [0.2, 0.25) is 5.02 Å². The van der Waals surface area contributed by atoms with E-state index >= 15 is 0 Å². The van der Waals surface area contributed by atoms with Crippen LogP contribution in [0.5, 0.6) is 0 Å². The Morgan fingerprint density at radius 2 is 1.75 bits per heavy atom. The average Bonchev–Trinajstić information content (AvgIpc) is 3.11. The molecule has 2 N–H and O–H groups in total. The maximum atomic E-state index is 12.2. The largest absolute Gasteiger partial charge is 0.351 e. The number of carbonyl (C=O) groups excluding carboxylic acids is 1. The van der Waals surface area contributed by atoms with Gasteiger partial charge >= 0.3 is 0 Å². The van der Waals surface area contributed by atoms with Gasteiger partial charge in [0.15, 0.2) is 0 Å². The van der Waals surface area contributed by atoms with Gasteiger partial charge in [-0.2, -0.15) is 0 Å². The minimum Gasteiger partial charge on any atom is -0.351 e. The van der Waals surface area contributed by atoms with Crippen molar-refractivity contribution < 1.29 is 4.79 Å². The summed E-state index contributed by atoms with van der Waals surface area (Å²) in [5.74, 6) is 1.03. The van der Waals surface area contributed by atoms with Crippen LogP contribution in [0.25, 0.3) is 11.0 Å². The third-order valence-electron chi connectivity index (χ3n) is 5.08. The SMILES string of the molecule is O=C(CN1CCN(Cc2nc3ccccc3[nH]2)CC1)NCc1ccccc1Cl. The van der Waals surface area contributed by atoms with Crippen molar-refractivity contribution in [3.63, 3.8) is 0 Å². The molecule has 1 saturated heterocycles. The lowest BCUT2D eigenvalue weighted by Crippen LogP contribution is -2.49. The highest BCUT2D eigenvalue weighted by molar-refractivity contribution is 6.31. The van der Waals surface area contributed by atoms with E-state index in [0.29, 0.717) is 18.1 Å². The van der Waals surface area contributed by atoms with Crippen LogP contribution in [0.3, 0.4) is 0 Å². The Morgan fingerprint density at radius 3 is 2.54 bits per heavy atom. The number of nitrogens with one attached hydrogen (secondary N) is 2. The van der Waals surface area contributed by atoms with Crippen molar-refractivity contribution in [2.45, 2.75) is 13.1 Å². The van der Waals surface area contributed by atoms with Crippen molar-refractivity contribution in [2.24, 2.45) is 0 Å². The van der Waals surface area contributed by atoms with E-state index in [9.17, 15) is 4.79 Å². The van der Waals surface area contributed by atoms with Gasteiger partial charge in [-0.15, -0.1) is 0 Å². The molecule has 28 heavy (non-hydrogen) atoms. The van der Waals surface area contributed by atoms with Gasteiger partial charge in [-0.05, 0) is 23.8 Å². The van der Waals surface area contributed by atoms with Crippen molar-refractivity contribution >= 4 is 28.5 Å². The first-order valence-electron chi connectivity index (χ1n) is 9.56. The molecule has 6 nitrogen and oxygen atoms in total. The van der Waals surface area contributed by atoms with E-state index in [1.807, 2.05) is 48.5 Å². The third kappa shape index (κ3) is 4.70. The van der Waals surface area contributed by atoms with E-state index in [2.05, 4.69) is 25.1 Å². The Morgan fingerprint density at radius 1 is 1.04 bits per heavy atom. The van der Waals surface area contributed by atoms with Gasteiger partial charge in [-0.25, -0.2) is 4.98 Å². The molecule has 1 aromatic heterocycles. The molecule has 0 saturated carbocycles. The highest BCUT2D eigenvalue weighted by Gasteiger charge is 2.20. The standard InChI is InChI=1S/C21H24ClN5O/c22-17-6-2-1-5-16(17)13-23-21(28)15-27-11-9-26(10-12-27)14-20-24-18-7-3-4-8-19(18)25-20/h1-8H,9-15H2,(H,23,28)(H,24,25). The number of benzene rings is 2. The number of imidazole rings is 1. The van der Waals surface area contributed by atoms with Crippen molar-refractivity contribution in [2.75, 3.05) is 32.7 Å². The smallest absolute Gasteiger partial charge is 0.234 e. The summed E-state index contributed by atoms with van der Waals surface area (Å²) < 4.78 is 0. The fraction of sp³-hybridized carbons (Fsp3) is 0.333. The number of carbonyl (C=O) groups is 1. The van der Waals surface area contributed by atoms with Gasteiger partial charge in [0, 0.05) is 37.7 Å². The summed E-state index contributed by atoms with van der Waals surface area (Å²) in [4.78, 5) is 24.8. The van der Waals surface area contributed by atoms with Crippen LogP contribution in [0.4, 0.5) is 0 Å². The molecule has 0 radical (unpaired) electrons. The molecule has 146 valence electrons. The second-order valence-electron chi connectivity index (χ2n) is 7.12. The molecule has 7 heteroatoms. The predicted molar refractivity (Wildman–Crippen MR) is 111 cm³/mol. The molecule has 1 aliphatic rings. The van der Waals surface area contributed by atoms with Crippen molar-refractivity contribution in [1.82, 2.24) is 25.1 Å². The van der Waals surface area contributed by atoms with Gasteiger partial charge in [-0.1, -0.05) is 41.9 Å². The zero-order valence-electron chi connectivity index (χ0n) is 15.7. The lowest BCUT2D eigenvalue weighted by molar-refractivity contribution is -0.122. The maximum absolute atomic E-state index is 12.2. The van der Waals surface area contributed by atoms with Crippen molar-refractivity contribution in [3.05, 3.63) is 64.9 Å². The van der Waals surface area contributed by atoms with Crippen LogP contribution >= 0.6 is 11.6 Å². The van der Waals surface area contributed by atoms with E-state index < -0.39 is 0 Å². The van der Waals surface area contributed by atoms with E-state index in [4.69, 9.17) is 11.6 Å². The van der Waals surface area contributed by atoms with Crippen molar-refractivity contribution in [1.29, 1.82) is 0 Å². The normalized spacial score (nSPS) is 15.8. The molecule has 3 aromatic rings. The van der Waals surface area contributed by atoms with Crippen LogP contribution in [0.1, 0.15) is 11.4 Å². The number of hydrogen-bond donors (Lipinski definition) is 2. The summed E-state index contributed by atoms with van der Waals surface area (Å²) in [6.07, 6.45) is 0. The Labute approximate surface area is 169 Å². The predicted octanol–water partition coefficient (Wildman–Crippen LogP) is 2.65. The summed E-state index contributed by atoms with van der Waals surface area (Å²) in [5, 5.41) is 3.64. The van der Waals surface area contributed by atoms with Crippen LogP contribution < -0.4 is 5.32 Å². The summed E-state index contributed by atoms with van der Waals surface area (Å²) >= 11 is 6.13. The number of H-pyrrole nitrogens is 1. The molecular formula is C21H24ClN5O. The lowest BCUT2D eigenvalue weighted by Gasteiger charge is -2.33. The Bertz CT molecular complexity index is 916. The molecule has 1 aliphatic heterocycles. The van der Waals surface area contributed by atoms with Crippen LogP contribution in [-0.4, -0.2) is 58.4 Å². The Hall–Kier alpha value is -2.41. The molecule has 2 aromatic carbocycles. The fourth-order valence-corrected chi connectivity index (χ4v) is 3.69. The van der Waals surface area contributed by atoms with Crippen LogP contribution in [-0.2, 0) is 17.9 Å². The molecule has 4 rings (SSSR count). The highest BCUT2D eigenvalue weighted by Crippen LogP contribution is 2.15. The zero-order chi connectivity index (χ0) is 19.3. The Kier molecular flexibility index (Phi) is 5.90. The molecule has 1 amide bonds. The number of para-hydroxylation sites is 2. The van der Waals surface area contributed by atoms with E-state index in [0.717, 1.165) is 55.1 Å². The number of aromatic amines is 1. The van der Waals surface area contributed by atoms with E-state index in [1.165, 1.54) is 0 Å². The van der Waals surface area contributed by atoms with Crippen molar-refractivity contribution in [3.8, 4) is 0 Å². The number of rotatable bonds is 6. The van der Waals surface area contributed by atoms with E-state index in [-0.39, 0.29) is 5.91 Å². The minimum absolute atomic E-state index is 0.0330.